The van der Waals surface area contributed by atoms with Crippen molar-refractivity contribution >= 4 is 5.97 Å². The largest absolute Gasteiger partial charge is 0.478 e. The van der Waals surface area contributed by atoms with Crippen LogP contribution >= 0.6 is 0 Å². The molecule has 1 saturated carbocycles. The second kappa shape index (κ2) is 5.49. The van der Waals surface area contributed by atoms with E-state index in [1.54, 1.807) is 0 Å². The van der Waals surface area contributed by atoms with Gasteiger partial charge in [0.05, 0.1) is 11.7 Å². The minimum Gasteiger partial charge on any atom is -0.478 e. The van der Waals surface area contributed by atoms with Crippen LogP contribution in [0.15, 0.2) is 23.8 Å². The predicted octanol–water partition coefficient (Wildman–Crippen LogP) is 3.80. The number of carbonyl (C=O) groups is 1. The van der Waals surface area contributed by atoms with E-state index in [0.717, 1.165) is 19.3 Å². The zero-order valence-electron chi connectivity index (χ0n) is 11.4. The zero-order valence-corrected chi connectivity index (χ0v) is 11.4. The lowest BCUT2D eigenvalue weighted by Gasteiger charge is -2.25. The minimum absolute atomic E-state index is 0. The van der Waals surface area contributed by atoms with E-state index < -0.39 is 5.97 Å². The maximum atomic E-state index is 11.1. The maximum Gasteiger partial charge on any atom is 0.331 e. The smallest absolute Gasteiger partial charge is 0.331 e. The lowest BCUT2D eigenvalue weighted by atomic mass is 9.79. The van der Waals surface area contributed by atoms with Gasteiger partial charge in [-0.05, 0) is 46.0 Å². The summed E-state index contributed by atoms with van der Waals surface area (Å²) < 4.78 is 5.85. The van der Waals surface area contributed by atoms with Crippen molar-refractivity contribution in [2.24, 2.45) is 11.8 Å². The van der Waals surface area contributed by atoms with Crippen LogP contribution in [0.25, 0.3) is 0 Å². The van der Waals surface area contributed by atoms with Gasteiger partial charge < -0.3 is 9.84 Å². The molecule has 1 N–H and O–H groups in total. The van der Waals surface area contributed by atoms with Gasteiger partial charge in [-0.2, -0.15) is 0 Å². The zero-order chi connectivity index (χ0) is 13.5. The van der Waals surface area contributed by atoms with E-state index in [4.69, 9.17) is 9.84 Å². The lowest BCUT2D eigenvalue weighted by Crippen LogP contribution is -2.25. The molecule has 3 heteroatoms. The highest BCUT2D eigenvalue weighted by Crippen LogP contribution is 2.53. The molecular weight excluding hydrogens is 240 g/mol. The quantitative estimate of drug-likeness (QED) is 0.480. The molecule has 1 aliphatic carbocycles. The van der Waals surface area contributed by atoms with E-state index in [1.165, 1.54) is 5.57 Å². The molecule has 3 nitrogen and oxygen atoms in total. The number of rotatable bonds is 3. The first-order valence-electron chi connectivity index (χ1n) is 6.62. The molecule has 1 saturated heterocycles. The van der Waals surface area contributed by atoms with Gasteiger partial charge in [-0.15, -0.1) is 0 Å². The second-order valence-corrected chi connectivity index (χ2v) is 5.72. The molecule has 1 heterocycles. The van der Waals surface area contributed by atoms with Crippen LogP contribution in [-0.4, -0.2) is 22.8 Å². The third-order valence-corrected chi connectivity index (χ3v) is 4.74. The van der Waals surface area contributed by atoms with Crippen molar-refractivity contribution in [1.29, 1.82) is 0 Å². The Morgan fingerprint density at radius 2 is 2.11 bits per heavy atom. The Morgan fingerprint density at radius 3 is 2.63 bits per heavy atom. The van der Waals surface area contributed by atoms with Crippen molar-refractivity contribution in [2.75, 3.05) is 0 Å². The number of epoxide rings is 1. The molecule has 1 aliphatic heterocycles. The molecule has 0 aromatic heterocycles. The van der Waals surface area contributed by atoms with E-state index >= 15 is 0 Å². The monoisotopic (exact) mass is 266 g/mol. The van der Waals surface area contributed by atoms with Crippen LogP contribution in [0.1, 0.15) is 47.5 Å². The van der Waals surface area contributed by atoms with Crippen molar-refractivity contribution in [1.82, 2.24) is 0 Å². The fourth-order valence-electron chi connectivity index (χ4n) is 3.24. The van der Waals surface area contributed by atoms with Gasteiger partial charge >= 0.3 is 5.97 Å². The SMILES string of the molecule is C.C=C(C(=O)O)[C@@H]1CC[C@@H]2O[C@]2(C)C(/C(C)=C\C)C1. The topological polar surface area (TPSA) is 49.8 Å². The van der Waals surface area contributed by atoms with Gasteiger partial charge in [0.25, 0.3) is 0 Å². The van der Waals surface area contributed by atoms with Crippen LogP contribution in [0, 0.1) is 11.8 Å². The van der Waals surface area contributed by atoms with Crippen molar-refractivity contribution in [3.8, 4) is 0 Å². The number of fused-ring (bicyclic) bond motifs is 1. The summed E-state index contributed by atoms with van der Waals surface area (Å²) in [5.74, 6) is -0.467. The normalized spacial score (nSPS) is 37.6. The summed E-state index contributed by atoms with van der Waals surface area (Å²) >= 11 is 0. The highest BCUT2D eigenvalue weighted by Gasteiger charge is 2.59. The van der Waals surface area contributed by atoms with Gasteiger partial charge in [-0.1, -0.05) is 25.7 Å². The minimum atomic E-state index is -0.862. The fourth-order valence-corrected chi connectivity index (χ4v) is 3.24. The summed E-state index contributed by atoms with van der Waals surface area (Å²) in [4.78, 5) is 11.1. The molecular formula is C16H26O3. The molecule has 2 aliphatic rings. The van der Waals surface area contributed by atoms with Crippen molar-refractivity contribution in [2.45, 2.75) is 59.2 Å². The van der Waals surface area contributed by atoms with Crippen LogP contribution in [-0.2, 0) is 9.53 Å². The Morgan fingerprint density at radius 1 is 1.47 bits per heavy atom. The van der Waals surface area contributed by atoms with Crippen molar-refractivity contribution in [3.05, 3.63) is 23.8 Å². The molecule has 2 fully saturated rings. The van der Waals surface area contributed by atoms with E-state index in [9.17, 15) is 4.79 Å². The van der Waals surface area contributed by atoms with Crippen LogP contribution in [0.5, 0.6) is 0 Å². The molecule has 0 aromatic carbocycles. The summed E-state index contributed by atoms with van der Waals surface area (Å²) in [6.07, 6.45) is 5.07. The van der Waals surface area contributed by atoms with E-state index in [-0.39, 0.29) is 18.9 Å². The molecule has 2 rings (SSSR count). The van der Waals surface area contributed by atoms with E-state index in [1.807, 2.05) is 6.92 Å². The Bertz CT molecular complexity index is 410. The van der Waals surface area contributed by atoms with Gasteiger partial charge in [0, 0.05) is 11.5 Å². The molecule has 4 atom stereocenters. The lowest BCUT2D eigenvalue weighted by molar-refractivity contribution is -0.133. The Balaban J connectivity index is 0.00000180. The number of ether oxygens (including phenoxy) is 1. The first-order chi connectivity index (χ1) is 8.40. The first kappa shape index (κ1) is 16.0. The van der Waals surface area contributed by atoms with Gasteiger partial charge in [-0.3, -0.25) is 0 Å². The van der Waals surface area contributed by atoms with Gasteiger partial charge in [-0.25, -0.2) is 4.79 Å². The fraction of sp³-hybridized carbons (Fsp3) is 0.688. The number of carboxylic acid groups (broad SMARTS) is 1. The van der Waals surface area contributed by atoms with E-state index in [0.29, 0.717) is 17.6 Å². The average molecular weight is 266 g/mol. The van der Waals surface area contributed by atoms with Gasteiger partial charge in [0.2, 0.25) is 0 Å². The molecule has 19 heavy (non-hydrogen) atoms. The highest BCUT2D eigenvalue weighted by atomic mass is 16.6. The summed E-state index contributed by atoms with van der Waals surface area (Å²) in [5, 5.41) is 9.10. The van der Waals surface area contributed by atoms with Crippen molar-refractivity contribution < 1.29 is 14.6 Å². The molecule has 108 valence electrons. The highest BCUT2D eigenvalue weighted by molar-refractivity contribution is 5.86. The molecule has 0 bridgehead atoms. The number of aliphatic carboxylic acids is 1. The summed E-state index contributed by atoms with van der Waals surface area (Å²) in [6, 6.07) is 0. The third kappa shape index (κ3) is 2.76. The third-order valence-electron chi connectivity index (χ3n) is 4.74. The maximum absolute atomic E-state index is 11.1. The van der Waals surface area contributed by atoms with Crippen LogP contribution in [0.2, 0.25) is 0 Å². The summed E-state index contributed by atoms with van der Waals surface area (Å²) in [7, 11) is 0. The average Bonchev–Trinajstić information content (AvgIpc) is 3.00. The number of hydrogen-bond donors (Lipinski definition) is 1. The summed E-state index contributed by atoms with van der Waals surface area (Å²) in [5.41, 5.74) is 1.57. The second-order valence-electron chi connectivity index (χ2n) is 5.72. The molecule has 0 radical (unpaired) electrons. The van der Waals surface area contributed by atoms with E-state index in [2.05, 4.69) is 26.5 Å². The van der Waals surface area contributed by atoms with Gasteiger partial charge in [0.1, 0.15) is 0 Å². The molecule has 0 aromatic rings. The molecule has 1 unspecified atom stereocenters. The Kier molecular flexibility index (Phi) is 4.62. The van der Waals surface area contributed by atoms with Crippen LogP contribution in [0.3, 0.4) is 0 Å². The van der Waals surface area contributed by atoms with Crippen LogP contribution in [0.4, 0.5) is 0 Å². The Hall–Kier alpha value is -1.09. The van der Waals surface area contributed by atoms with Crippen molar-refractivity contribution in [3.63, 3.8) is 0 Å². The first-order valence-corrected chi connectivity index (χ1v) is 6.62. The summed E-state index contributed by atoms with van der Waals surface area (Å²) in [6.45, 7) is 10.0. The number of hydrogen-bond acceptors (Lipinski definition) is 2. The Labute approximate surface area is 116 Å². The number of carboxylic acids is 1. The van der Waals surface area contributed by atoms with Crippen LogP contribution < -0.4 is 0 Å². The molecule has 0 spiro atoms. The predicted molar refractivity (Wildman–Crippen MR) is 77.0 cm³/mol. The standard InChI is InChI=1S/C15H22O3.CH4/c1-5-9(2)12-8-11(10(3)14(16)17)6-7-13-15(12,4)18-13;/h5,11-13H,3,6-8H2,1-2,4H3,(H,16,17);1H4/b9-5-;/t11-,12?,13+,15-;/m1./s1. The molecule has 0 amide bonds. The van der Waals surface area contributed by atoms with Gasteiger partial charge in [0.15, 0.2) is 0 Å². The number of allylic oxidation sites excluding steroid dienone is 1.